The van der Waals surface area contributed by atoms with Crippen LogP contribution in [0.25, 0.3) is 69.8 Å². The molecule has 0 atom stereocenters. The SMILES string of the molecule is CC(C)(C)c1ccc(N2B3c4oc5ccc(C(C)(C)C)cc5c4-n4c5cc6c(cc5c5ccc(c3c54)-c3cc(N(c4ccc(C(C)(C)C)cc4)c4ccc(C(C)(C)C)cc4)ccc32)sc2ccccc26)cc1. The summed E-state index contributed by atoms with van der Waals surface area (Å²) in [5.41, 5.74) is 20.1. The number of thiophene rings is 1. The Labute approximate surface area is 428 Å². The molecule has 0 saturated heterocycles. The molecule has 0 unspecified atom stereocenters. The Kier molecular flexibility index (Phi) is 9.51. The summed E-state index contributed by atoms with van der Waals surface area (Å²) in [4.78, 5) is 5.03. The molecule has 0 amide bonds. The maximum Gasteiger partial charge on any atom is 0.375 e. The minimum absolute atomic E-state index is 0.00710. The van der Waals surface area contributed by atoms with Crippen LogP contribution in [0.3, 0.4) is 0 Å². The monoisotopic (exact) mass is 955 g/mol. The number of nitrogens with zero attached hydrogens (tertiary/aromatic N) is 3. The molecular weight excluding hydrogens is 894 g/mol. The van der Waals surface area contributed by atoms with Crippen molar-refractivity contribution >= 4 is 111 Å². The van der Waals surface area contributed by atoms with Gasteiger partial charge in [-0.1, -0.05) is 156 Å². The predicted octanol–water partition coefficient (Wildman–Crippen LogP) is 17.8. The summed E-state index contributed by atoms with van der Waals surface area (Å²) in [7, 11) is 0. The third-order valence-electron chi connectivity index (χ3n) is 15.8. The Morgan fingerprint density at radius 2 is 1.04 bits per heavy atom. The quantitative estimate of drug-likeness (QED) is 0.164. The van der Waals surface area contributed by atoms with Gasteiger partial charge in [-0.2, -0.15) is 0 Å². The van der Waals surface area contributed by atoms with Crippen molar-refractivity contribution in [3.63, 3.8) is 0 Å². The van der Waals surface area contributed by atoms with Gasteiger partial charge in [-0.3, -0.25) is 0 Å². The lowest BCUT2D eigenvalue weighted by atomic mass is 9.46. The van der Waals surface area contributed by atoms with Crippen molar-refractivity contribution in [1.29, 1.82) is 0 Å². The Morgan fingerprint density at radius 3 is 1.67 bits per heavy atom. The van der Waals surface area contributed by atoms with E-state index >= 15 is 0 Å². The van der Waals surface area contributed by atoms with Crippen molar-refractivity contribution in [3.8, 4) is 16.8 Å². The third kappa shape index (κ3) is 6.78. The average molecular weight is 956 g/mol. The summed E-state index contributed by atoms with van der Waals surface area (Å²) in [6, 6.07) is 60.4. The van der Waals surface area contributed by atoms with Crippen LogP contribution in [0.4, 0.5) is 28.4 Å². The second-order valence-electron chi connectivity index (χ2n) is 24.7. The van der Waals surface area contributed by atoms with Crippen LogP contribution in [0.2, 0.25) is 0 Å². The van der Waals surface area contributed by atoms with Crippen molar-refractivity contribution in [1.82, 2.24) is 4.57 Å². The second kappa shape index (κ2) is 15.3. The van der Waals surface area contributed by atoms with Gasteiger partial charge in [0.15, 0.2) is 0 Å². The molecule has 3 aromatic heterocycles. The summed E-state index contributed by atoms with van der Waals surface area (Å²) in [5.74, 6) is 0. The Balaban J connectivity index is 1.13. The zero-order valence-corrected chi connectivity index (χ0v) is 44.6. The highest BCUT2D eigenvalue weighted by molar-refractivity contribution is 7.25. The van der Waals surface area contributed by atoms with Gasteiger partial charge >= 0.3 is 6.85 Å². The van der Waals surface area contributed by atoms with Crippen LogP contribution in [-0.2, 0) is 21.7 Å². The Bertz CT molecular complexity index is 3950. The van der Waals surface area contributed by atoms with Crippen molar-refractivity contribution in [2.24, 2.45) is 0 Å². The number of fused-ring (bicyclic) bond motifs is 13. The molecule has 72 heavy (non-hydrogen) atoms. The lowest BCUT2D eigenvalue weighted by molar-refractivity contribution is 0.590. The highest BCUT2D eigenvalue weighted by Gasteiger charge is 2.47. The number of benzene rings is 8. The topological polar surface area (TPSA) is 24.6 Å². The molecule has 0 radical (unpaired) electrons. The van der Waals surface area contributed by atoms with Gasteiger partial charge in [0.2, 0.25) is 0 Å². The van der Waals surface area contributed by atoms with Gasteiger partial charge in [0.25, 0.3) is 0 Å². The van der Waals surface area contributed by atoms with Crippen LogP contribution in [-0.4, -0.2) is 11.4 Å². The molecule has 2 aliphatic heterocycles. The largest absolute Gasteiger partial charge is 0.466 e. The number of hydrogen-bond acceptors (Lipinski definition) is 4. The first kappa shape index (κ1) is 44.9. The van der Waals surface area contributed by atoms with Gasteiger partial charge in [0.05, 0.1) is 16.7 Å². The number of hydrogen-bond donors (Lipinski definition) is 0. The fraction of sp³-hybridized carbons (Fsp3) is 0.242. The van der Waals surface area contributed by atoms with Gasteiger partial charge in [0.1, 0.15) is 11.2 Å². The summed E-state index contributed by atoms with van der Waals surface area (Å²) in [6.45, 7) is 27.3. The van der Waals surface area contributed by atoms with Crippen molar-refractivity contribution in [2.75, 3.05) is 9.71 Å². The first-order valence-corrected chi connectivity index (χ1v) is 26.6. The summed E-state index contributed by atoms with van der Waals surface area (Å²) in [5, 5.41) is 6.28. The lowest BCUT2D eigenvalue weighted by Crippen LogP contribution is -2.60. The number of furan rings is 1. The molecule has 11 aromatic rings. The molecule has 8 aromatic carbocycles. The van der Waals surface area contributed by atoms with E-state index in [9.17, 15) is 0 Å². The minimum Gasteiger partial charge on any atom is -0.466 e. The van der Waals surface area contributed by atoms with E-state index in [-0.39, 0.29) is 28.5 Å². The zero-order chi connectivity index (χ0) is 50.0. The van der Waals surface area contributed by atoms with E-state index in [1.54, 1.807) is 0 Å². The molecule has 4 nitrogen and oxygen atoms in total. The van der Waals surface area contributed by atoms with Crippen LogP contribution in [0, 0.1) is 0 Å². The van der Waals surface area contributed by atoms with E-state index in [1.807, 2.05) is 11.3 Å². The molecule has 2 aliphatic rings. The summed E-state index contributed by atoms with van der Waals surface area (Å²) >= 11 is 1.89. The normalized spacial score (nSPS) is 13.8. The fourth-order valence-corrected chi connectivity index (χ4v) is 12.9. The van der Waals surface area contributed by atoms with Gasteiger partial charge in [0, 0.05) is 70.3 Å². The van der Waals surface area contributed by atoms with Crippen LogP contribution < -0.4 is 20.8 Å². The predicted molar refractivity (Wildman–Crippen MR) is 312 cm³/mol. The van der Waals surface area contributed by atoms with E-state index in [0.29, 0.717) is 0 Å². The van der Waals surface area contributed by atoms with Gasteiger partial charge in [-0.15, -0.1) is 11.3 Å². The molecule has 356 valence electrons. The van der Waals surface area contributed by atoms with Crippen LogP contribution in [0.1, 0.15) is 105 Å². The molecule has 0 saturated carbocycles. The van der Waals surface area contributed by atoms with Crippen LogP contribution >= 0.6 is 11.3 Å². The third-order valence-corrected chi connectivity index (χ3v) is 16.9. The van der Waals surface area contributed by atoms with E-state index in [4.69, 9.17) is 4.42 Å². The van der Waals surface area contributed by atoms with Gasteiger partial charge < -0.3 is 18.7 Å². The first-order valence-electron chi connectivity index (χ1n) is 25.8. The highest BCUT2D eigenvalue weighted by Crippen LogP contribution is 2.50. The summed E-state index contributed by atoms with van der Waals surface area (Å²) in [6.07, 6.45) is 0. The molecule has 0 fully saturated rings. The number of aromatic nitrogens is 1. The maximum atomic E-state index is 7.42. The molecule has 0 aliphatic carbocycles. The van der Waals surface area contributed by atoms with Crippen LogP contribution in [0.5, 0.6) is 0 Å². The molecule has 0 N–H and O–H groups in total. The molecule has 0 bridgehead atoms. The first-order chi connectivity index (χ1) is 34.2. The van der Waals surface area contributed by atoms with Gasteiger partial charge in [-0.05, 0) is 140 Å². The van der Waals surface area contributed by atoms with E-state index in [1.165, 1.54) is 80.8 Å². The lowest BCUT2D eigenvalue weighted by Gasteiger charge is -2.41. The standard InChI is InChI=1S/C66H62BN3OS/c1-63(2,3)39-17-24-43(25-18-39)68(44-26-19-40(20-27-44)64(4,5)6)46-30-33-54-50(36-46)48-31-32-49-51-38-58-52(47-15-13-14-16-57(47)72-58)37-55(51)69-60(49)59(48)67(70(54)45-28-21-41(22-29-45)65(7,8)9)62-61(69)53-35-42(66(10,11)12)23-34-56(53)71-62/h13-38H,1-12H3. The highest BCUT2D eigenvalue weighted by atomic mass is 32.1. The average Bonchev–Trinajstić information content (AvgIpc) is 4.01. The van der Waals surface area contributed by atoms with Crippen molar-refractivity contribution < 1.29 is 4.42 Å². The minimum atomic E-state index is -0.243. The smallest absolute Gasteiger partial charge is 0.375 e. The van der Waals surface area contributed by atoms with E-state index in [0.717, 1.165) is 50.8 Å². The molecule has 6 heteroatoms. The molecular formula is C66H62BN3OS. The van der Waals surface area contributed by atoms with E-state index in [2.05, 4.69) is 255 Å². The van der Waals surface area contributed by atoms with Crippen molar-refractivity contribution in [2.45, 2.75) is 105 Å². The number of anilines is 5. The zero-order valence-electron chi connectivity index (χ0n) is 43.7. The molecule has 5 heterocycles. The van der Waals surface area contributed by atoms with Gasteiger partial charge in [-0.25, -0.2) is 0 Å². The fourth-order valence-electron chi connectivity index (χ4n) is 11.8. The summed E-state index contributed by atoms with van der Waals surface area (Å²) < 4.78 is 12.6. The van der Waals surface area contributed by atoms with E-state index < -0.39 is 0 Å². The van der Waals surface area contributed by atoms with Crippen molar-refractivity contribution in [3.05, 3.63) is 180 Å². The second-order valence-corrected chi connectivity index (χ2v) is 25.8. The number of rotatable bonds is 4. The maximum absolute atomic E-state index is 7.42. The molecule has 13 rings (SSSR count). The Morgan fingerprint density at radius 1 is 0.458 bits per heavy atom. The molecule has 0 spiro atoms. The van der Waals surface area contributed by atoms with Crippen LogP contribution in [0.15, 0.2) is 162 Å². The Hall–Kier alpha value is -7.02.